The highest BCUT2D eigenvalue weighted by Gasteiger charge is 2.36. The van der Waals surface area contributed by atoms with E-state index in [2.05, 4.69) is 293 Å². The quantitative estimate of drug-likeness (QED) is 0.138. The van der Waals surface area contributed by atoms with Crippen LogP contribution in [0.2, 0.25) is 0 Å². The van der Waals surface area contributed by atoms with E-state index in [9.17, 15) is 0 Å². The van der Waals surface area contributed by atoms with Gasteiger partial charge in [0.1, 0.15) is 0 Å². The van der Waals surface area contributed by atoms with Crippen molar-refractivity contribution in [1.29, 1.82) is 0 Å². The second-order valence-electron chi connectivity index (χ2n) is 21.5. The van der Waals surface area contributed by atoms with Crippen LogP contribution < -0.4 is 4.90 Å². The third-order valence-electron chi connectivity index (χ3n) is 16.6. The number of para-hydroxylation sites is 1. The van der Waals surface area contributed by atoms with E-state index in [-0.39, 0.29) is 5.41 Å². The zero-order chi connectivity index (χ0) is 52.4. The van der Waals surface area contributed by atoms with Crippen LogP contribution >= 0.6 is 0 Å². The summed E-state index contributed by atoms with van der Waals surface area (Å²) in [4.78, 5) is 2.42. The summed E-state index contributed by atoms with van der Waals surface area (Å²) in [6.07, 6.45) is 2.89. The molecule has 370 valence electrons. The molecule has 0 aliphatic heterocycles. The molecular weight excluding hydrogens is 929 g/mol. The molecule has 0 bridgehead atoms. The Morgan fingerprint density at radius 1 is 0.468 bits per heavy atom. The van der Waals surface area contributed by atoms with Gasteiger partial charge in [0, 0.05) is 38.9 Å². The van der Waals surface area contributed by atoms with E-state index < -0.39 is 0 Å². The first kappa shape index (κ1) is 47.5. The van der Waals surface area contributed by atoms with Gasteiger partial charge in [0.25, 0.3) is 0 Å². The van der Waals surface area contributed by atoms with Crippen molar-refractivity contribution >= 4 is 55.2 Å². The molecule has 0 saturated carbocycles. The Morgan fingerprint density at radius 3 is 1.88 bits per heavy atom. The summed E-state index contributed by atoms with van der Waals surface area (Å²) in [5, 5.41) is 5.12. The summed E-state index contributed by atoms with van der Waals surface area (Å²) in [6.45, 7) is 14.9. The van der Waals surface area contributed by atoms with Crippen molar-refractivity contribution < 1.29 is 0 Å². The fourth-order valence-corrected chi connectivity index (χ4v) is 12.4. The number of aryl methyl sites for hydroxylation is 1. The lowest BCUT2D eigenvalue weighted by molar-refractivity contribution is 0.660. The topological polar surface area (TPSA) is 8.17 Å². The molecule has 0 unspecified atom stereocenters. The maximum Gasteiger partial charge on any atom is 0.0547 e. The molecule has 0 amide bonds. The summed E-state index contributed by atoms with van der Waals surface area (Å²) in [7, 11) is 0. The number of rotatable bonds is 8. The van der Waals surface area contributed by atoms with Gasteiger partial charge in [0.15, 0.2) is 0 Å². The van der Waals surface area contributed by atoms with Crippen LogP contribution in [0.4, 0.5) is 17.1 Å². The van der Waals surface area contributed by atoms with Crippen LogP contribution in [-0.2, 0) is 11.8 Å². The van der Waals surface area contributed by atoms with Gasteiger partial charge in [0.2, 0.25) is 0 Å². The second-order valence-corrected chi connectivity index (χ2v) is 21.5. The van der Waals surface area contributed by atoms with Crippen molar-refractivity contribution in [2.45, 2.75) is 46.5 Å². The lowest BCUT2D eigenvalue weighted by atomic mass is 9.82. The monoisotopic (exact) mass is 988 g/mol. The third kappa shape index (κ3) is 8.20. The van der Waals surface area contributed by atoms with Gasteiger partial charge in [-0.05, 0) is 200 Å². The molecule has 0 radical (unpaired) electrons. The number of hydrogen-bond acceptors (Lipinski definition) is 1. The van der Waals surface area contributed by atoms with E-state index in [0.717, 1.165) is 23.5 Å². The van der Waals surface area contributed by atoms with Crippen molar-refractivity contribution in [2.24, 2.45) is 0 Å². The molecular formula is C75H60N2. The Bertz CT molecular complexity index is 4300. The largest absolute Gasteiger partial charge is 0.310 e. The van der Waals surface area contributed by atoms with Crippen molar-refractivity contribution in [1.82, 2.24) is 4.57 Å². The molecule has 0 atom stereocenters. The van der Waals surface area contributed by atoms with E-state index >= 15 is 0 Å². The van der Waals surface area contributed by atoms with Crippen molar-refractivity contribution in [2.75, 3.05) is 4.90 Å². The average molecular weight is 989 g/mol. The molecule has 2 aliphatic carbocycles. The van der Waals surface area contributed by atoms with Crippen LogP contribution in [0, 0.1) is 6.92 Å². The summed E-state index contributed by atoms with van der Waals surface area (Å²) >= 11 is 0. The minimum atomic E-state index is -0.108. The fraction of sp³-hybridized carbons (Fsp3) is 0.0933. The van der Waals surface area contributed by atoms with Gasteiger partial charge in [-0.2, -0.15) is 0 Å². The van der Waals surface area contributed by atoms with Gasteiger partial charge < -0.3 is 9.47 Å². The van der Waals surface area contributed by atoms with Crippen molar-refractivity contribution in [3.8, 4) is 50.2 Å². The summed E-state index contributed by atoms with van der Waals surface area (Å²) < 4.78 is 2.45. The zero-order valence-corrected chi connectivity index (χ0v) is 44.5. The average Bonchev–Trinajstić information content (AvgIpc) is 4.15. The Balaban J connectivity index is 0.000000385. The molecule has 2 heteroatoms. The Labute approximate surface area is 453 Å². The molecule has 1 heterocycles. The van der Waals surface area contributed by atoms with E-state index in [1.54, 1.807) is 0 Å². The first-order chi connectivity index (χ1) is 37.6. The molecule has 0 fully saturated rings. The van der Waals surface area contributed by atoms with E-state index in [4.69, 9.17) is 0 Å². The van der Waals surface area contributed by atoms with Crippen LogP contribution in [0.15, 0.2) is 261 Å². The lowest BCUT2D eigenvalue weighted by Crippen LogP contribution is -2.16. The van der Waals surface area contributed by atoms with Crippen LogP contribution in [0.1, 0.15) is 61.1 Å². The highest BCUT2D eigenvalue weighted by molar-refractivity contribution is 6.17. The number of benzene rings is 11. The number of nitrogens with zero attached hydrogens (tertiary/aromatic N) is 2. The number of aromatic nitrogens is 1. The number of allylic oxidation sites excluding steroid dienone is 3. The zero-order valence-electron chi connectivity index (χ0n) is 44.5. The maximum atomic E-state index is 3.78. The van der Waals surface area contributed by atoms with Gasteiger partial charge in [-0.25, -0.2) is 0 Å². The predicted molar refractivity (Wildman–Crippen MR) is 329 cm³/mol. The van der Waals surface area contributed by atoms with Crippen molar-refractivity contribution in [3.63, 3.8) is 0 Å². The molecule has 0 spiro atoms. The summed E-state index contributed by atoms with van der Waals surface area (Å²) in [5.74, 6) is 0. The van der Waals surface area contributed by atoms with Gasteiger partial charge in [-0.1, -0.05) is 196 Å². The molecule has 14 rings (SSSR count). The van der Waals surface area contributed by atoms with Gasteiger partial charge in [0.05, 0.1) is 11.0 Å². The minimum absolute atomic E-state index is 0.108. The molecule has 0 N–H and O–H groups in total. The molecule has 11 aromatic carbocycles. The number of fused-ring (bicyclic) bond motifs is 11. The lowest BCUT2D eigenvalue weighted by Gasteiger charge is -2.28. The molecule has 77 heavy (non-hydrogen) atoms. The standard InChI is InChI=1S/C62H44N2.C13H16/c1-62(2)57-23-12-11-22-52(57)53-32-31-50(38-58(53)62)63(49-20-13-17-42(35-49)40-14-5-3-6-15-40)48-29-26-41(27-30-48)43-28-33-59-55(36-43)56-37-45-24-25-46-34-44-16-9-10-21-51(44)61(46)54(45)39-60(56)64(59)47-18-7-4-8-19-47;1-5-10(2)12(4)13-9-7-6-8-11(13)3/h3-33,35-39H,34H2,1-2H3;5-9H,1H2,2-4H3/b;12-10+. The molecule has 2 aliphatic rings. The van der Waals surface area contributed by atoms with E-state index in [0.29, 0.717) is 0 Å². The van der Waals surface area contributed by atoms with Crippen molar-refractivity contribution in [3.05, 3.63) is 294 Å². The summed E-state index contributed by atoms with van der Waals surface area (Å²) in [6, 6.07) is 89.5. The first-order valence-electron chi connectivity index (χ1n) is 27.0. The molecule has 1 aromatic heterocycles. The Morgan fingerprint density at radius 2 is 1.09 bits per heavy atom. The smallest absolute Gasteiger partial charge is 0.0547 e. The van der Waals surface area contributed by atoms with Gasteiger partial charge >= 0.3 is 0 Å². The van der Waals surface area contributed by atoms with Crippen LogP contribution in [0.25, 0.3) is 88.3 Å². The SMILES string of the molecule is C=C/C(C)=C(\C)c1ccccc1C.CC1(C)c2ccccc2-c2ccc(N(c3ccc(-c4ccc5c(c4)c4cc6ccc7c(c6cc4n5-c4ccccc4)-c4ccccc4C7)cc3)c3cccc(-c4ccccc4)c3)cc21. The minimum Gasteiger partial charge on any atom is -0.310 e. The van der Waals surface area contributed by atoms with E-state index in [1.165, 1.54) is 127 Å². The molecule has 12 aromatic rings. The molecule has 2 nitrogen and oxygen atoms in total. The predicted octanol–water partition coefficient (Wildman–Crippen LogP) is 20.6. The molecule has 0 saturated heterocycles. The number of anilines is 3. The first-order valence-corrected chi connectivity index (χ1v) is 27.0. The Kier molecular flexibility index (Phi) is 11.8. The summed E-state index contributed by atoms with van der Waals surface area (Å²) in [5.41, 5.74) is 27.8. The fourth-order valence-electron chi connectivity index (χ4n) is 12.4. The van der Waals surface area contributed by atoms with Crippen LogP contribution in [0.5, 0.6) is 0 Å². The number of hydrogen-bond donors (Lipinski definition) is 0. The van der Waals surface area contributed by atoms with E-state index in [1.807, 2.05) is 6.08 Å². The van der Waals surface area contributed by atoms with Crippen LogP contribution in [-0.4, -0.2) is 4.57 Å². The highest BCUT2D eigenvalue weighted by atomic mass is 15.1. The second kappa shape index (κ2) is 19.2. The van der Waals surface area contributed by atoms with Gasteiger partial charge in [-0.3, -0.25) is 0 Å². The highest BCUT2D eigenvalue weighted by Crippen LogP contribution is 2.51. The normalized spacial score (nSPS) is 13.1. The maximum absolute atomic E-state index is 3.78. The van der Waals surface area contributed by atoms with Crippen LogP contribution in [0.3, 0.4) is 0 Å². The third-order valence-corrected chi connectivity index (χ3v) is 16.6. The Hall–Kier alpha value is -9.24. The van der Waals surface area contributed by atoms with Gasteiger partial charge in [-0.15, -0.1) is 0 Å².